The molecular formula is C29H22O8. The standard InChI is InChI=1S/C29H22O8/c30-26(31)17-23(29(34)35)20(15-27(32)36-24-13-5-9-18-7-1-3-11-21(18)24)16-28(33)37-25-14-6-10-19-8-2-4-12-22(19)25/h1-14H,15-17H2,(H,30,31)(H,34,35). The maximum atomic E-state index is 12.8. The minimum Gasteiger partial charge on any atom is -0.481 e. The summed E-state index contributed by atoms with van der Waals surface area (Å²) in [5, 5.41) is 21.9. The van der Waals surface area contributed by atoms with Gasteiger partial charge in [0.05, 0.1) is 19.3 Å². The SMILES string of the molecule is O=C(O)CC(C(=O)O)=C(CC(=O)Oc1cccc2ccccc12)CC(=O)Oc1cccc2ccccc12. The smallest absolute Gasteiger partial charge is 0.332 e. The molecule has 186 valence electrons. The number of carboxylic acid groups (broad SMARTS) is 2. The van der Waals surface area contributed by atoms with E-state index in [1.54, 1.807) is 48.5 Å². The fourth-order valence-corrected chi connectivity index (χ4v) is 4.01. The summed E-state index contributed by atoms with van der Waals surface area (Å²) in [6.07, 6.45) is -2.10. The van der Waals surface area contributed by atoms with Crippen molar-refractivity contribution < 1.29 is 38.9 Å². The van der Waals surface area contributed by atoms with Crippen LogP contribution >= 0.6 is 0 Å². The van der Waals surface area contributed by atoms with Crippen molar-refractivity contribution >= 4 is 45.4 Å². The Labute approximate surface area is 211 Å². The van der Waals surface area contributed by atoms with Gasteiger partial charge in [0.2, 0.25) is 0 Å². The maximum Gasteiger partial charge on any atom is 0.332 e. The number of carbonyl (C=O) groups is 4. The molecule has 4 aromatic carbocycles. The molecule has 2 N–H and O–H groups in total. The van der Waals surface area contributed by atoms with Crippen LogP contribution in [0.3, 0.4) is 0 Å². The van der Waals surface area contributed by atoms with Crippen LogP contribution in [0.1, 0.15) is 19.3 Å². The Balaban J connectivity index is 1.60. The zero-order valence-electron chi connectivity index (χ0n) is 19.5. The minimum absolute atomic E-state index is 0.203. The lowest BCUT2D eigenvalue weighted by molar-refractivity contribution is -0.140. The lowest BCUT2D eigenvalue weighted by atomic mass is 9.99. The summed E-state index contributed by atoms with van der Waals surface area (Å²) in [6.45, 7) is 0. The second-order valence-electron chi connectivity index (χ2n) is 8.21. The molecule has 0 bridgehead atoms. The van der Waals surface area contributed by atoms with Gasteiger partial charge in [0.25, 0.3) is 0 Å². The molecule has 4 rings (SSSR count). The Morgan fingerprint density at radius 2 is 1.00 bits per heavy atom. The van der Waals surface area contributed by atoms with E-state index in [0.29, 0.717) is 10.8 Å². The van der Waals surface area contributed by atoms with Gasteiger partial charge in [0.15, 0.2) is 0 Å². The van der Waals surface area contributed by atoms with Crippen LogP contribution in [0.25, 0.3) is 21.5 Å². The van der Waals surface area contributed by atoms with Gasteiger partial charge in [-0.2, -0.15) is 0 Å². The predicted octanol–water partition coefficient (Wildman–Crippen LogP) is 5.14. The van der Waals surface area contributed by atoms with Crippen LogP contribution in [0.5, 0.6) is 11.5 Å². The summed E-state index contributed by atoms with van der Waals surface area (Å²) in [7, 11) is 0. The van der Waals surface area contributed by atoms with Crippen molar-refractivity contribution in [2.75, 3.05) is 0 Å². The van der Waals surface area contributed by atoms with Crippen molar-refractivity contribution in [3.63, 3.8) is 0 Å². The second kappa shape index (κ2) is 11.2. The quantitative estimate of drug-likeness (QED) is 0.184. The summed E-state index contributed by atoms with van der Waals surface area (Å²) in [5.41, 5.74) is -0.775. The highest BCUT2D eigenvalue weighted by atomic mass is 16.5. The third-order valence-electron chi connectivity index (χ3n) is 5.68. The fourth-order valence-electron chi connectivity index (χ4n) is 4.01. The number of carboxylic acids is 2. The molecule has 0 fully saturated rings. The molecule has 0 atom stereocenters. The molecule has 0 heterocycles. The van der Waals surface area contributed by atoms with E-state index in [1.807, 2.05) is 36.4 Å². The molecule has 0 saturated carbocycles. The van der Waals surface area contributed by atoms with Gasteiger partial charge in [0.1, 0.15) is 11.5 Å². The molecule has 0 unspecified atom stereocenters. The number of carbonyl (C=O) groups excluding carboxylic acids is 2. The number of rotatable bonds is 9. The first-order valence-electron chi connectivity index (χ1n) is 11.3. The van der Waals surface area contributed by atoms with E-state index in [1.165, 1.54) is 0 Å². The number of aliphatic carboxylic acids is 2. The zero-order chi connectivity index (χ0) is 26.4. The van der Waals surface area contributed by atoms with Gasteiger partial charge in [-0.3, -0.25) is 14.4 Å². The minimum atomic E-state index is -1.55. The first kappa shape index (κ1) is 25.1. The van der Waals surface area contributed by atoms with Crippen molar-refractivity contribution in [3.8, 4) is 11.5 Å². The Hall–Kier alpha value is -4.98. The van der Waals surface area contributed by atoms with Crippen LogP contribution in [0.15, 0.2) is 96.1 Å². The van der Waals surface area contributed by atoms with Gasteiger partial charge in [-0.05, 0) is 28.5 Å². The summed E-state index contributed by atoms with van der Waals surface area (Å²) in [5.74, 6) is -4.12. The highest BCUT2D eigenvalue weighted by Gasteiger charge is 2.24. The molecule has 4 aromatic rings. The Morgan fingerprint density at radius 1 is 0.568 bits per heavy atom. The van der Waals surface area contributed by atoms with Crippen LogP contribution in [-0.2, 0) is 19.2 Å². The van der Waals surface area contributed by atoms with Crippen LogP contribution in [0.4, 0.5) is 0 Å². The van der Waals surface area contributed by atoms with Gasteiger partial charge in [-0.1, -0.05) is 72.8 Å². The molecular weight excluding hydrogens is 476 g/mol. The zero-order valence-corrected chi connectivity index (χ0v) is 19.5. The summed E-state index contributed by atoms with van der Waals surface area (Å²) in [4.78, 5) is 48.9. The first-order chi connectivity index (χ1) is 17.8. The van der Waals surface area contributed by atoms with Crippen molar-refractivity contribution in [2.45, 2.75) is 19.3 Å². The number of benzene rings is 4. The van der Waals surface area contributed by atoms with Crippen LogP contribution in [0.2, 0.25) is 0 Å². The van der Waals surface area contributed by atoms with Crippen LogP contribution in [-0.4, -0.2) is 34.1 Å². The Bertz CT molecular complexity index is 1440. The number of fused-ring (bicyclic) bond motifs is 2. The van der Waals surface area contributed by atoms with Gasteiger partial charge >= 0.3 is 23.9 Å². The van der Waals surface area contributed by atoms with Crippen molar-refractivity contribution in [3.05, 3.63) is 96.1 Å². The third kappa shape index (κ3) is 6.18. The third-order valence-corrected chi connectivity index (χ3v) is 5.68. The maximum absolute atomic E-state index is 12.8. The van der Waals surface area contributed by atoms with Gasteiger partial charge < -0.3 is 19.7 Å². The molecule has 0 aliphatic carbocycles. The van der Waals surface area contributed by atoms with E-state index in [-0.39, 0.29) is 17.1 Å². The predicted molar refractivity (Wildman–Crippen MR) is 135 cm³/mol. The number of esters is 2. The largest absolute Gasteiger partial charge is 0.481 e. The summed E-state index contributed by atoms with van der Waals surface area (Å²) >= 11 is 0. The van der Waals surface area contributed by atoms with Crippen molar-refractivity contribution in [1.29, 1.82) is 0 Å². The average Bonchev–Trinajstić information content (AvgIpc) is 2.87. The van der Waals surface area contributed by atoms with E-state index in [9.17, 15) is 29.4 Å². The molecule has 8 heteroatoms. The average molecular weight is 498 g/mol. The molecule has 0 saturated heterocycles. The number of hydrogen-bond donors (Lipinski definition) is 2. The summed E-state index contributed by atoms with van der Waals surface area (Å²) in [6, 6.07) is 24.7. The van der Waals surface area contributed by atoms with E-state index in [2.05, 4.69) is 0 Å². The fraction of sp³-hybridized carbons (Fsp3) is 0.103. The molecule has 0 radical (unpaired) electrons. The van der Waals surface area contributed by atoms with E-state index < -0.39 is 48.7 Å². The molecule has 8 nitrogen and oxygen atoms in total. The van der Waals surface area contributed by atoms with Crippen LogP contribution < -0.4 is 9.47 Å². The van der Waals surface area contributed by atoms with Gasteiger partial charge in [-0.25, -0.2) is 4.79 Å². The van der Waals surface area contributed by atoms with Crippen molar-refractivity contribution in [1.82, 2.24) is 0 Å². The van der Waals surface area contributed by atoms with Crippen molar-refractivity contribution in [2.24, 2.45) is 0 Å². The highest BCUT2D eigenvalue weighted by molar-refractivity contribution is 5.96. The molecule has 0 aliphatic rings. The van der Waals surface area contributed by atoms with Crippen LogP contribution in [0, 0.1) is 0 Å². The van der Waals surface area contributed by atoms with Gasteiger partial charge in [-0.15, -0.1) is 0 Å². The Morgan fingerprint density at radius 3 is 1.43 bits per heavy atom. The first-order valence-corrected chi connectivity index (χ1v) is 11.3. The molecule has 0 aliphatic heterocycles. The molecule has 0 aromatic heterocycles. The van der Waals surface area contributed by atoms with E-state index in [4.69, 9.17) is 9.47 Å². The lowest BCUT2D eigenvalue weighted by Crippen LogP contribution is -2.18. The Kier molecular flexibility index (Phi) is 7.59. The summed E-state index contributed by atoms with van der Waals surface area (Å²) < 4.78 is 11.0. The monoisotopic (exact) mass is 498 g/mol. The second-order valence-corrected chi connectivity index (χ2v) is 8.21. The number of ether oxygens (including phenoxy) is 2. The topological polar surface area (TPSA) is 127 Å². The molecule has 37 heavy (non-hydrogen) atoms. The highest BCUT2D eigenvalue weighted by Crippen LogP contribution is 2.28. The van der Waals surface area contributed by atoms with Gasteiger partial charge in [0, 0.05) is 16.3 Å². The number of hydrogen-bond acceptors (Lipinski definition) is 6. The lowest BCUT2D eigenvalue weighted by Gasteiger charge is -2.13. The normalized spacial score (nSPS) is 10.6. The van der Waals surface area contributed by atoms with E-state index in [0.717, 1.165) is 10.8 Å². The van der Waals surface area contributed by atoms with E-state index >= 15 is 0 Å². The molecule has 0 amide bonds. The molecule has 0 spiro atoms.